The average Bonchev–Trinajstić information content (AvgIpc) is 2.27. The topological polar surface area (TPSA) is 49.7 Å². The number of hydrogen-bond donors (Lipinski definition) is 2. The van der Waals surface area contributed by atoms with Gasteiger partial charge in [-0.05, 0) is 19.4 Å². The van der Waals surface area contributed by atoms with Gasteiger partial charge in [-0.2, -0.15) is 0 Å². The Hall–Kier alpha value is -2.16. The van der Waals surface area contributed by atoms with Crippen LogP contribution in [-0.4, -0.2) is 10.2 Å². The Kier molecular flexibility index (Phi) is 2.08. The number of fused-ring (bicyclic) bond motifs is 3. The zero-order chi connectivity index (χ0) is 12.9. The average molecular weight is 242 g/mol. The van der Waals surface area contributed by atoms with E-state index < -0.39 is 5.60 Å². The fourth-order valence-corrected chi connectivity index (χ4v) is 2.49. The minimum Gasteiger partial charge on any atom is -0.508 e. The van der Waals surface area contributed by atoms with Crippen LogP contribution < -0.4 is 4.74 Å². The van der Waals surface area contributed by atoms with Crippen LogP contribution in [0, 0.1) is 0 Å². The number of aromatic hydroxyl groups is 2. The largest absolute Gasteiger partial charge is 0.508 e. The molecule has 0 saturated carbocycles. The van der Waals surface area contributed by atoms with E-state index in [1.54, 1.807) is 0 Å². The Balaban J connectivity index is 2.37. The zero-order valence-corrected chi connectivity index (χ0v) is 10.3. The van der Waals surface area contributed by atoms with Gasteiger partial charge in [-0.3, -0.25) is 0 Å². The van der Waals surface area contributed by atoms with E-state index >= 15 is 0 Å². The normalized spacial score (nSPS) is 15.4. The van der Waals surface area contributed by atoms with Crippen molar-refractivity contribution < 1.29 is 14.9 Å². The van der Waals surface area contributed by atoms with Gasteiger partial charge in [0.25, 0.3) is 0 Å². The lowest BCUT2D eigenvalue weighted by Gasteiger charge is -2.35. The van der Waals surface area contributed by atoms with Crippen LogP contribution in [0.15, 0.2) is 36.4 Å². The molecule has 0 unspecified atom stereocenters. The quantitative estimate of drug-likeness (QED) is 0.744. The molecule has 92 valence electrons. The molecule has 1 heterocycles. The van der Waals surface area contributed by atoms with E-state index in [-0.39, 0.29) is 11.5 Å². The molecule has 1 aliphatic heterocycles. The molecule has 1 aliphatic rings. The van der Waals surface area contributed by atoms with Gasteiger partial charge in [-0.15, -0.1) is 0 Å². The Morgan fingerprint density at radius 2 is 1.78 bits per heavy atom. The van der Waals surface area contributed by atoms with Crippen LogP contribution in [0.25, 0.3) is 11.1 Å². The van der Waals surface area contributed by atoms with Crippen LogP contribution in [0.1, 0.15) is 19.4 Å². The molecular weight excluding hydrogens is 228 g/mol. The van der Waals surface area contributed by atoms with Gasteiger partial charge in [0, 0.05) is 17.7 Å². The summed E-state index contributed by atoms with van der Waals surface area (Å²) in [6.07, 6.45) is 0. The monoisotopic (exact) mass is 242 g/mol. The first-order chi connectivity index (χ1) is 8.49. The highest BCUT2D eigenvalue weighted by Gasteiger charge is 2.33. The van der Waals surface area contributed by atoms with E-state index in [0.717, 1.165) is 11.1 Å². The highest BCUT2D eigenvalue weighted by atomic mass is 16.5. The maximum atomic E-state index is 10.0. The van der Waals surface area contributed by atoms with E-state index in [9.17, 15) is 10.2 Å². The smallest absolute Gasteiger partial charge is 0.135 e. The summed E-state index contributed by atoms with van der Waals surface area (Å²) in [5, 5.41) is 19.6. The van der Waals surface area contributed by atoms with Gasteiger partial charge < -0.3 is 14.9 Å². The molecule has 18 heavy (non-hydrogen) atoms. The minimum atomic E-state index is -0.482. The van der Waals surface area contributed by atoms with Crippen LogP contribution >= 0.6 is 0 Å². The second-order valence-electron chi connectivity index (χ2n) is 5.00. The molecule has 0 aromatic heterocycles. The molecule has 2 aromatic rings. The molecule has 2 N–H and O–H groups in total. The van der Waals surface area contributed by atoms with E-state index in [2.05, 4.69) is 0 Å². The number of phenols is 2. The van der Waals surface area contributed by atoms with Crippen LogP contribution in [0.5, 0.6) is 17.2 Å². The summed E-state index contributed by atoms with van der Waals surface area (Å²) >= 11 is 0. The maximum Gasteiger partial charge on any atom is 0.135 e. The Labute approximate surface area is 105 Å². The first-order valence-corrected chi connectivity index (χ1v) is 5.84. The number of ether oxygens (including phenoxy) is 1. The van der Waals surface area contributed by atoms with Gasteiger partial charge in [0.2, 0.25) is 0 Å². The van der Waals surface area contributed by atoms with E-state index in [4.69, 9.17) is 4.74 Å². The summed E-state index contributed by atoms with van der Waals surface area (Å²) < 4.78 is 5.89. The fourth-order valence-electron chi connectivity index (χ4n) is 2.49. The maximum absolute atomic E-state index is 10.0. The first-order valence-electron chi connectivity index (χ1n) is 5.84. The summed E-state index contributed by atoms with van der Waals surface area (Å²) in [5.74, 6) is 0.547. The van der Waals surface area contributed by atoms with Crippen molar-refractivity contribution in [2.24, 2.45) is 0 Å². The molecule has 3 nitrogen and oxygen atoms in total. The molecule has 0 radical (unpaired) electrons. The summed E-state index contributed by atoms with van der Waals surface area (Å²) in [5.41, 5.74) is 2.13. The van der Waals surface area contributed by atoms with Crippen LogP contribution in [0.4, 0.5) is 0 Å². The fraction of sp³-hybridized carbons (Fsp3) is 0.200. The van der Waals surface area contributed by atoms with Crippen molar-refractivity contribution in [1.82, 2.24) is 0 Å². The Bertz CT molecular complexity index is 630. The lowest BCUT2D eigenvalue weighted by molar-refractivity contribution is 0.105. The van der Waals surface area contributed by atoms with E-state index in [1.165, 1.54) is 12.1 Å². The van der Waals surface area contributed by atoms with Gasteiger partial charge >= 0.3 is 0 Å². The third-order valence-corrected chi connectivity index (χ3v) is 3.28. The molecule has 0 aliphatic carbocycles. The molecule has 2 aromatic carbocycles. The highest BCUT2D eigenvalue weighted by Crippen LogP contribution is 2.50. The van der Waals surface area contributed by atoms with Gasteiger partial charge in [-0.1, -0.05) is 24.3 Å². The SMILES string of the molecule is CC1(C)Oc2cc(O)cc(O)c2-c2ccccc21. The molecule has 0 bridgehead atoms. The molecule has 0 amide bonds. The molecule has 3 rings (SSSR count). The lowest BCUT2D eigenvalue weighted by Crippen LogP contribution is -2.29. The molecule has 0 atom stereocenters. The Morgan fingerprint density at radius 1 is 1.06 bits per heavy atom. The number of benzene rings is 2. The van der Waals surface area contributed by atoms with Crippen molar-refractivity contribution in [2.75, 3.05) is 0 Å². The van der Waals surface area contributed by atoms with Crippen molar-refractivity contribution in [2.45, 2.75) is 19.4 Å². The van der Waals surface area contributed by atoms with Gasteiger partial charge in [0.05, 0.1) is 5.56 Å². The lowest BCUT2D eigenvalue weighted by atomic mass is 9.86. The molecule has 0 spiro atoms. The number of hydrogen-bond acceptors (Lipinski definition) is 3. The van der Waals surface area contributed by atoms with Crippen molar-refractivity contribution in [3.63, 3.8) is 0 Å². The van der Waals surface area contributed by atoms with Crippen molar-refractivity contribution in [3.05, 3.63) is 42.0 Å². The molecule has 0 fully saturated rings. The first kappa shape index (κ1) is 11.0. The van der Waals surface area contributed by atoms with Crippen molar-refractivity contribution in [1.29, 1.82) is 0 Å². The number of phenolic OH excluding ortho intramolecular Hbond substituents is 2. The molecule has 3 heteroatoms. The van der Waals surface area contributed by atoms with Crippen LogP contribution in [0.3, 0.4) is 0 Å². The summed E-state index contributed by atoms with van der Waals surface area (Å²) in [6, 6.07) is 10.7. The van der Waals surface area contributed by atoms with Gasteiger partial charge in [0.15, 0.2) is 0 Å². The predicted molar refractivity (Wildman–Crippen MR) is 68.9 cm³/mol. The zero-order valence-electron chi connectivity index (χ0n) is 10.3. The molecule has 0 saturated heterocycles. The van der Waals surface area contributed by atoms with Gasteiger partial charge in [-0.25, -0.2) is 0 Å². The second kappa shape index (κ2) is 3.42. The van der Waals surface area contributed by atoms with Gasteiger partial charge in [0.1, 0.15) is 22.8 Å². The van der Waals surface area contributed by atoms with Crippen LogP contribution in [-0.2, 0) is 5.60 Å². The number of rotatable bonds is 0. The second-order valence-corrected chi connectivity index (χ2v) is 5.00. The van der Waals surface area contributed by atoms with Crippen molar-refractivity contribution >= 4 is 0 Å². The highest BCUT2D eigenvalue weighted by molar-refractivity contribution is 5.82. The predicted octanol–water partition coefficient (Wildman–Crippen LogP) is 3.39. The van der Waals surface area contributed by atoms with E-state index in [0.29, 0.717) is 11.3 Å². The summed E-state index contributed by atoms with van der Waals surface area (Å²) in [6.45, 7) is 3.94. The van der Waals surface area contributed by atoms with Crippen LogP contribution in [0.2, 0.25) is 0 Å². The third kappa shape index (κ3) is 1.44. The van der Waals surface area contributed by atoms with E-state index in [1.807, 2.05) is 38.1 Å². The van der Waals surface area contributed by atoms with Crippen molar-refractivity contribution in [3.8, 4) is 28.4 Å². The minimum absolute atomic E-state index is 0.00133. The summed E-state index contributed by atoms with van der Waals surface area (Å²) in [7, 11) is 0. The standard InChI is InChI=1S/C15H14O3/c1-15(2)11-6-4-3-5-10(11)14-12(17)7-9(16)8-13(14)18-15/h3-8,16-17H,1-2H3. The third-order valence-electron chi connectivity index (χ3n) is 3.28. The summed E-state index contributed by atoms with van der Waals surface area (Å²) in [4.78, 5) is 0. The Morgan fingerprint density at radius 3 is 2.56 bits per heavy atom. The molecular formula is C15H14O3.